The van der Waals surface area contributed by atoms with Crippen molar-refractivity contribution in [3.05, 3.63) is 28.8 Å². The molecule has 2 aliphatic rings. The molecule has 2 saturated carbocycles. The summed E-state index contributed by atoms with van der Waals surface area (Å²) >= 11 is 6.36. The summed E-state index contributed by atoms with van der Waals surface area (Å²) in [5.41, 5.74) is 1.87. The highest BCUT2D eigenvalue weighted by molar-refractivity contribution is 6.31. The minimum absolute atomic E-state index is 0.363. The lowest BCUT2D eigenvalue weighted by Crippen LogP contribution is -2.49. The highest BCUT2D eigenvalue weighted by atomic mass is 35.5. The number of nitrogens with one attached hydrogen (secondary N) is 1. The van der Waals surface area contributed by atoms with E-state index >= 15 is 0 Å². The molecule has 0 heterocycles. The Labute approximate surface area is 133 Å². The van der Waals surface area contributed by atoms with Crippen molar-refractivity contribution in [3.63, 3.8) is 0 Å². The van der Waals surface area contributed by atoms with Crippen LogP contribution in [0.5, 0.6) is 5.75 Å². The highest BCUT2D eigenvalue weighted by Gasteiger charge is 2.58. The van der Waals surface area contributed by atoms with Crippen molar-refractivity contribution in [2.24, 2.45) is 16.7 Å². The van der Waals surface area contributed by atoms with Crippen molar-refractivity contribution in [2.45, 2.75) is 52.6 Å². The Kier molecular flexibility index (Phi) is 3.74. The molecule has 3 unspecified atom stereocenters. The topological polar surface area (TPSA) is 21.3 Å². The summed E-state index contributed by atoms with van der Waals surface area (Å²) in [4.78, 5) is 0. The molecule has 2 bridgehead atoms. The maximum absolute atomic E-state index is 6.36. The molecular formula is C18H26ClNO. The average molecular weight is 308 g/mol. The van der Waals surface area contributed by atoms with E-state index in [0.29, 0.717) is 16.9 Å². The van der Waals surface area contributed by atoms with E-state index in [-0.39, 0.29) is 0 Å². The average Bonchev–Trinajstić information content (AvgIpc) is 2.91. The number of ether oxygens (including phenoxy) is 1. The van der Waals surface area contributed by atoms with Crippen LogP contribution in [0.25, 0.3) is 0 Å². The van der Waals surface area contributed by atoms with E-state index in [1.165, 1.54) is 19.3 Å². The van der Waals surface area contributed by atoms with E-state index in [9.17, 15) is 0 Å². The third-order valence-corrected chi connectivity index (χ3v) is 6.40. The molecule has 21 heavy (non-hydrogen) atoms. The summed E-state index contributed by atoms with van der Waals surface area (Å²) in [7, 11) is 1.71. The second kappa shape index (κ2) is 5.17. The minimum atomic E-state index is 0.363. The van der Waals surface area contributed by atoms with Gasteiger partial charge in [0.25, 0.3) is 0 Å². The SMILES string of the molecule is COc1cccc(Cl)c1CNC1C2(C)CCC(C2)C1(C)C. The van der Waals surface area contributed by atoms with Crippen molar-refractivity contribution in [1.29, 1.82) is 0 Å². The molecule has 3 heteroatoms. The van der Waals surface area contributed by atoms with Gasteiger partial charge in [-0.15, -0.1) is 0 Å². The molecule has 0 aromatic heterocycles. The molecule has 0 aliphatic heterocycles. The van der Waals surface area contributed by atoms with Crippen LogP contribution in [0.1, 0.15) is 45.6 Å². The summed E-state index contributed by atoms with van der Waals surface area (Å²) in [6.07, 6.45) is 4.09. The maximum Gasteiger partial charge on any atom is 0.124 e. The lowest BCUT2D eigenvalue weighted by atomic mass is 9.68. The molecule has 0 radical (unpaired) electrons. The standard InChI is InChI=1S/C18H26ClNO/c1-17(2)12-8-9-18(3,10-12)16(17)20-11-13-14(19)6-5-7-15(13)21-4/h5-7,12,16,20H,8-11H2,1-4H3. The Morgan fingerprint density at radius 2 is 2.10 bits per heavy atom. The first-order chi connectivity index (χ1) is 9.88. The third kappa shape index (κ3) is 2.37. The van der Waals surface area contributed by atoms with Gasteiger partial charge in [0.15, 0.2) is 0 Å². The second-order valence-corrected chi connectivity index (χ2v) is 8.06. The molecule has 2 nitrogen and oxygen atoms in total. The summed E-state index contributed by atoms with van der Waals surface area (Å²) in [5.74, 6) is 1.73. The predicted molar refractivity (Wildman–Crippen MR) is 87.9 cm³/mol. The number of hydrogen-bond acceptors (Lipinski definition) is 2. The normalized spacial score (nSPS) is 33.4. The number of methoxy groups -OCH3 is 1. The van der Waals surface area contributed by atoms with Gasteiger partial charge in [0, 0.05) is 23.2 Å². The first-order valence-corrected chi connectivity index (χ1v) is 8.31. The third-order valence-electron chi connectivity index (χ3n) is 6.05. The van der Waals surface area contributed by atoms with E-state index in [4.69, 9.17) is 16.3 Å². The van der Waals surface area contributed by atoms with Gasteiger partial charge in [0.05, 0.1) is 7.11 Å². The van der Waals surface area contributed by atoms with E-state index < -0.39 is 0 Å². The fourth-order valence-electron chi connectivity index (χ4n) is 4.92. The fourth-order valence-corrected chi connectivity index (χ4v) is 5.15. The summed E-state index contributed by atoms with van der Waals surface area (Å²) in [6, 6.07) is 6.41. The molecule has 1 aromatic rings. The quantitative estimate of drug-likeness (QED) is 0.874. The van der Waals surface area contributed by atoms with Crippen LogP contribution in [0.4, 0.5) is 0 Å². The van der Waals surface area contributed by atoms with E-state index in [2.05, 4.69) is 26.1 Å². The summed E-state index contributed by atoms with van der Waals surface area (Å²) in [5, 5.41) is 4.60. The van der Waals surface area contributed by atoms with Gasteiger partial charge >= 0.3 is 0 Å². The minimum Gasteiger partial charge on any atom is -0.496 e. The molecule has 2 fully saturated rings. The summed E-state index contributed by atoms with van der Waals surface area (Å²) in [6.45, 7) is 8.07. The largest absolute Gasteiger partial charge is 0.496 e. The van der Waals surface area contributed by atoms with Crippen molar-refractivity contribution in [1.82, 2.24) is 5.32 Å². The zero-order valence-corrected chi connectivity index (χ0v) is 14.3. The first-order valence-electron chi connectivity index (χ1n) is 7.93. The number of fused-ring (bicyclic) bond motifs is 2. The van der Waals surface area contributed by atoms with Crippen LogP contribution in [0.3, 0.4) is 0 Å². The molecule has 1 aromatic carbocycles. The molecule has 0 spiro atoms. The Morgan fingerprint density at radius 3 is 2.71 bits per heavy atom. The zero-order valence-electron chi connectivity index (χ0n) is 13.5. The van der Waals surface area contributed by atoms with Crippen LogP contribution in [0.2, 0.25) is 5.02 Å². The molecule has 2 aliphatic carbocycles. The maximum atomic E-state index is 6.36. The Bertz CT molecular complexity index is 537. The van der Waals surface area contributed by atoms with Crippen molar-refractivity contribution in [2.75, 3.05) is 7.11 Å². The second-order valence-electron chi connectivity index (χ2n) is 7.65. The monoisotopic (exact) mass is 307 g/mol. The van der Waals surface area contributed by atoms with Crippen molar-refractivity contribution in [3.8, 4) is 5.75 Å². The molecule has 0 saturated heterocycles. The van der Waals surface area contributed by atoms with Gasteiger partial charge in [0.1, 0.15) is 5.75 Å². The van der Waals surface area contributed by atoms with Crippen LogP contribution in [-0.4, -0.2) is 13.2 Å². The molecule has 1 N–H and O–H groups in total. The van der Waals surface area contributed by atoms with Crippen LogP contribution in [-0.2, 0) is 6.54 Å². The van der Waals surface area contributed by atoms with E-state index in [0.717, 1.165) is 28.8 Å². The van der Waals surface area contributed by atoms with Gasteiger partial charge in [-0.25, -0.2) is 0 Å². The van der Waals surface area contributed by atoms with Crippen LogP contribution in [0, 0.1) is 16.7 Å². The van der Waals surface area contributed by atoms with Gasteiger partial charge < -0.3 is 10.1 Å². The zero-order chi connectivity index (χ0) is 15.3. The van der Waals surface area contributed by atoms with E-state index in [1.807, 2.05) is 18.2 Å². The Morgan fingerprint density at radius 1 is 1.33 bits per heavy atom. The van der Waals surface area contributed by atoms with E-state index in [1.54, 1.807) is 7.11 Å². The molecule has 3 atom stereocenters. The van der Waals surface area contributed by atoms with Gasteiger partial charge in [-0.1, -0.05) is 38.4 Å². The molecular weight excluding hydrogens is 282 g/mol. The van der Waals surface area contributed by atoms with Gasteiger partial charge in [-0.2, -0.15) is 0 Å². The lowest BCUT2D eigenvalue weighted by Gasteiger charge is -2.43. The highest BCUT2D eigenvalue weighted by Crippen LogP contribution is 2.62. The summed E-state index contributed by atoms with van der Waals surface area (Å²) < 4.78 is 5.46. The van der Waals surface area contributed by atoms with Crippen LogP contribution >= 0.6 is 11.6 Å². The molecule has 116 valence electrons. The predicted octanol–water partition coefficient (Wildman–Crippen LogP) is 4.65. The van der Waals surface area contributed by atoms with Crippen LogP contribution in [0.15, 0.2) is 18.2 Å². The molecule has 0 amide bonds. The number of halogens is 1. The smallest absolute Gasteiger partial charge is 0.124 e. The Balaban J connectivity index is 1.80. The fraction of sp³-hybridized carbons (Fsp3) is 0.667. The number of rotatable bonds is 4. The van der Waals surface area contributed by atoms with Crippen molar-refractivity contribution >= 4 is 11.6 Å². The number of hydrogen-bond donors (Lipinski definition) is 1. The first kappa shape index (κ1) is 15.2. The lowest BCUT2D eigenvalue weighted by molar-refractivity contribution is 0.108. The van der Waals surface area contributed by atoms with Gasteiger partial charge in [0.2, 0.25) is 0 Å². The van der Waals surface area contributed by atoms with Gasteiger partial charge in [-0.05, 0) is 48.1 Å². The van der Waals surface area contributed by atoms with Crippen molar-refractivity contribution < 1.29 is 4.74 Å². The molecule has 3 rings (SSSR count). The number of benzene rings is 1. The van der Waals surface area contributed by atoms with Gasteiger partial charge in [-0.3, -0.25) is 0 Å². The van der Waals surface area contributed by atoms with Crippen LogP contribution < -0.4 is 10.1 Å². The Hall–Kier alpha value is -0.730.